The molecular weight excluding hydrogens is 264 g/mol. The van der Waals surface area contributed by atoms with E-state index in [1.165, 1.54) is 0 Å². The van der Waals surface area contributed by atoms with Crippen LogP contribution < -0.4 is 11.1 Å². The maximum absolute atomic E-state index is 11.9. The van der Waals surface area contributed by atoms with E-state index in [1.807, 2.05) is 50.4 Å². The van der Waals surface area contributed by atoms with E-state index in [2.05, 4.69) is 10.4 Å². The fourth-order valence-corrected chi connectivity index (χ4v) is 2.13. The second-order valence-corrected chi connectivity index (χ2v) is 5.64. The first-order valence-electron chi connectivity index (χ1n) is 7.17. The van der Waals surface area contributed by atoms with E-state index in [4.69, 9.17) is 5.73 Å². The number of amides is 1. The fourth-order valence-electron chi connectivity index (χ4n) is 2.13. The van der Waals surface area contributed by atoms with E-state index in [-0.39, 0.29) is 5.91 Å². The number of carbonyl (C=O) groups is 1. The van der Waals surface area contributed by atoms with Crippen molar-refractivity contribution in [2.45, 2.75) is 32.9 Å². The molecule has 0 fully saturated rings. The Hall–Kier alpha value is -2.14. The normalized spacial score (nSPS) is 12.4. The Morgan fingerprint density at radius 1 is 1.33 bits per heavy atom. The van der Waals surface area contributed by atoms with Gasteiger partial charge in [0.05, 0.1) is 24.5 Å². The molecule has 2 aromatic rings. The maximum atomic E-state index is 11.9. The Bertz CT molecular complexity index is 577. The van der Waals surface area contributed by atoms with Crippen LogP contribution in [0.25, 0.3) is 0 Å². The third-order valence-electron chi connectivity index (χ3n) is 3.15. The minimum Gasteiger partial charge on any atom is -0.322 e. The van der Waals surface area contributed by atoms with Crippen molar-refractivity contribution in [1.82, 2.24) is 9.78 Å². The molecule has 21 heavy (non-hydrogen) atoms. The monoisotopic (exact) mass is 286 g/mol. The van der Waals surface area contributed by atoms with Crippen molar-refractivity contribution >= 4 is 11.6 Å². The van der Waals surface area contributed by atoms with E-state index in [1.54, 1.807) is 10.9 Å². The zero-order valence-electron chi connectivity index (χ0n) is 12.5. The molecule has 112 valence electrons. The summed E-state index contributed by atoms with van der Waals surface area (Å²) in [4.78, 5) is 11.9. The number of nitrogens with zero attached hydrogens (tertiary/aromatic N) is 2. The van der Waals surface area contributed by atoms with Gasteiger partial charge in [-0.25, -0.2) is 0 Å². The lowest BCUT2D eigenvalue weighted by Crippen LogP contribution is -2.36. The summed E-state index contributed by atoms with van der Waals surface area (Å²) < 4.78 is 1.79. The Labute approximate surface area is 125 Å². The maximum Gasteiger partial charge on any atom is 0.241 e. The lowest BCUT2D eigenvalue weighted by Gasteiger charge is -2.13. The fraction of sp³-hybridized carbons (Fsp3) is 0.375. The number of carbonyl (C=O) groups excluding carboxylic acids is 1. The number of aromatic nitrogens is 2. The molecule has 1 heterocycles. The van der Waals surface area contributed by atoms with Gasteiger partial charge in [-0.1, -0.05) is 44.2 Å². The van der Waals surface area contributed by atoms with Crippen LogP contribution in [0.5, 0.6) is 0 Å². The molecular formula is C16H22N4O. The minimum atomic E-state index is -0.484. The highest BCUT2D eigenvalue weighted by Crippen LogP contribution is 2.10. The van der Waals surface area contributed by atoms with Gasteiger partial charge in [0.25, 0.3) is 0 Å². The quantitative estimate of drug-likeness (QED) is 0.855. The number of nitrogens with two attached hydrogens (primary N) is 1. The van der Waals surface area contributed by atoms with Crippen molar-refractivity contribution in [1.29, 1.82) is 0 Å². The van der Waals surface area contributed by atoms with Gasteiger partial charge < -0.3 is 11.1 Å². The van der Waals surface area contributed by atoms with Crippen LogP contribution >= 0.6 is 0 Å². The molecule has 0 radical (unpaired) electrons. The first-order valence-corrected chi connectivity index (χ1v) is 7.17. The number of benzene rings is 1. The molecule has 1 aromatic heterocycles. The summed E-state index contributed by atoms with van der Waals surface area (Å²) in [5.41, 5.74) is 7.70. The number of anilines is 1. The summed E-state index contributed by atoms with van der Waals surface area (Å²) in [6, 6.07) is 9.56. The van der Waals surface area contributed by atoms with Crippen LogP contribution in [-0.4, -0.2) is 21.7 Å². The van der Waals surface area contributed by atoms with Crippen molar-refractivity contribution in [3.05, 3.63) is 48.3 Å². The second-order valence-electron chi connectivity index (χ2n) is 5.64. The van der Waals surface area contributed by atoms with Crippen molar-refractivity contribution < 1.29 is 4.79 Å². The SMILES string of the molecule is CC(C)C[C@H](N)C(=O)Nc1cnn(Cc2ccccc2)c1. The molecule has 0 saturated heterocycles. The van der Waals surface area contributed by atoms with Crippen molar-refractivity contribution in [3.8, 4) is 0 Å². The largest absolute Gasteiger partial charge is 0.322 e. The van der Waals surface area contributed by atoms with Gasteiger partial charge in [-0.3, -0.25) is 9.48 Å². The van der Waals surface area contributed by atoms with Crippen LogP contribution in [0, 0.1) is 5.92 Å². The molecule has 1 amide bonds. The lowest BCUT2D eigenvalue weighted by atomic mass is 10.0. The molecule has 5 nitrogen and oxygen atoms in total. The van der Waals surface area contributed by atoms with Crippen molar-refractivity contribution in [3.63, 3.8) is 0 Å². The van der Waals surface area contributed by atoms with Crippen LogP contribution in [-0.2, 0) is 11.3 Å². The molecule has 0 bridgehead atoms. The molecule has 1 aromatic carbocycles. The Balaban J connectivity index is 1.92. The van der Waals surface area contributed by atoms with Crippen molar-refractivity contribution in [2.75, 3.05) is 5.32 Å². The van der Waals surface area contributed by atoms with Gasteiger partial charge in [0.1, 0.15) is 0 Å². The van der Waals surface area contributed by atoms with Crippen LogP contribution in [0.4, 0.5) is 5.69 Å². The molecule has 2 rings (SSSR count). The number of hydrogen-bond acceptors (Lipinski definition) is 3. The lowest BCUT2D eigenvalue weighted by molar-refractivity contribution is -0.117. The van der Waals surface area contributed by atoms with Crippen LogP contribution in [0.15, 0.2) is 42.7 Å². The molecule has 0 aliphatic carbocycles. The summed E-state index contributed by atoms with van der Waals surface area (Å²) in [6.45, 7) is 4.77. The molecule has 0 aliphatic heterocycles. The minimum absolute atomic E-state index is 0.164. The van der Waals surface area contributed by atoms with Gasteiger partial charge in [0.2, 0.25) is 5.91 Å². The van der Waals surface area contributed by atoms with Gasteiger partial charge in [-0.2, -0.15) is 5.10 Å². The zero-order valence-corrected chi connectivity index (χ0v) is 12.5. The average molecular weight is 286 g/mol. The highest BCUT2D eigenvalue weighted by atomic mass is 16.2. The van der Waals surface area contributed by atoms with Gasteiger partial charge in [0, 0.05) is 6.20 Å². The van der Waals surface area contributed by atoms with Crippen LogP contribution in [0.2, 0.25) is 0 Å². The first kappa shape index (κ1) is 15.3. The van der Waals surface area contributed by atoms with Crippen LogP contribution in [0.3, 0.4) is 0 Å². The smallest absolute Gasteiger partial charge is 0.241 e. The Kier molecular flexibility index (Phi) is 5.11. The number of rotatable bonds is 6. The zero-order chi connectivity index (χ0) is 15.2. The van der Waals surface area contributed by atoms with E-state index in [9.17, 15) is 4.79 Å². The molecule has 0 unspecified atom stereocenters. The highest BCUT2D eigenvalue weighted by molar-refractivity contribution is 5.94. The summed E-state index contributed by atoms with van der Waals surface area (Å²) >= 11 is 0. The predicted octanol–water partition coefficient (Wildman–Crippen LogP) is 2.24. The first-order chi connectivity index (χ1) is 10.0. The Morgan fingerprint density at radius 2 is 2.05 bits per heavy atom. The summed E-state index contributed by atoms with van der Waals surface area (Å²) in [6.07, 6.45) is 4.12. The molecule has 0 aliphatic rings. The number of nitrogens with one attached hydrogen (secondary N) is 1. The molecule has 3 N–H and O–H groups in total. The van der Waals surface area contributed by atoms with Gasteiger partial charge in [-0.15, -0.1) is 0 Å². The molecule has 5 heteroatoms. The molecule has 0 spiro atoms. The summed E-state index contributed by atoms with van der Waals surface area (Å²) in [5, 5.41) is 7.05. The molecule has 1 atom stereocenters. The van der Waals surface area contributed by atoms with E-state index in [0.717, 1.165) is 5.56 Å². The van der Waals surface area contributed by atoms with Crippen LogP contribution in [0.1, 0.15) is 25.8 Å². The highest BCUT2D eigenvalue weighted by Gasteiger charge is 2.15. The van der Waals surface area contributed by atoms with Gasteiger partial charge >= 0.3 is 0 Å². The predicted molar refractivity (Wildman–Crippen MR) is 83.8 cm³/mol. The van der Waals surface area contributed by atoms with E-state index >= 15 is 0 Å². The number of hydrogen-bond donors (Lipinski definition) is 2. The van der Waals surface area contributed by atoms with E-state index < -0.39 is 6.04 Å². The van der Waals surface area contributed by atoms with Gasteiger partial charge in [-0.05, 0) is 17.9 Å². The van der Waals surface area contributed by atoms with Crippen molar-refractivity contribution in [2.24, 2.45) is 11.7 Å². The third-order valence-corrected chi connectivity index (χ3v) is 3.15. The van der Waals surface area contributed by atoms with Gasteiger partial charge in [0.15, 0.2) is 0 Å². The summed E-state index contributed by atoms with van der Waals surface area (Å²) in [7, 11) is 0. The van der Waals surface area contributed by atoms with E-state index in [0.29, 0.717) is 24.6 Å². The average Bonchev–Trinajstić information content (AvgIpc) is 2.86. The standard InChI is InChI=1S/C16H22N4O/c1-12(2)8-15(17)16(21)19-14-9-18-20(11-14)10-13-6-4-3-5-7-13/h3-7,9,11-12,15H,8,10,17H2,1-2H3,(H,19,21)/t15-/m0/s1. The summed E-state index contributed by atoms with van der Waals surface area (Å²) in [5.74, 6) is 0.231. The second kappa shape index (κ2) is 7.04. The topological polar surface area (TPSA) is 72.9 Å². The molecule has 0 saturated carbocycles. The third kappa shape index (κ3) is 4.72. The Morgan fingerprint density at radius 3 is 2.71 bits per heavy atom.